The van der Waals surface area contributed by atoms with Crippen LogP contribution >= 0.6 is 0 Å². The van der Waals surface area contributed by atoms with Crippen molar-refractivity contribution in [2.24, 2.45) is 0 Å². The molecule has 2 atom stereocenters. The maximum atomic E-state index is 15.0. The summed E-state index contributed by atoms with van der Waals surface area (Å²) in [5.74, 6) is -3.55. The fraction of sp³-hybridized carbons (Fsp3) is 0.548. The van der Waals surface area contributed by atoms with Crippen molar-refractivity contribution in [1.82, 2.24) is 10.2 Å². The van der Waals surface area contributed by atoms with Crippen molar-refractivity contribution >= 4 is 12.0 Å². The number of nitrogens with zero attached hydrogens (tertiary/aromatic N) is 1. The zero-order valence-corrected chi connectivity index (χ0v) is 24.9. The van der Waals surface area contributed by atoms with E-state index in [1.807, 2.05) is 0 Å². The predicted molar refractivity (Wildman–Crippen MR) is 153 cm³/mol. The molecular formula is C31H42F2N2O7. The van der Waals surface area contributed by atoms with Crippen molar-refractivity contribution in [3.8, 4) is 11.5 Å². The average molecular weight is 593 g/mol. The summed E-state index contributed by atoms with van der Waals surface area (Å²) in [7, 11) is 1.47. The van der Waals surface area contributed by atoms with Gasteiger partial charge in [0.2, 0.25) is 0 Å². The second-order valence-electron chi connectivity index (χ2n) is 10.6. The normalized spacial score (nSPS) is 19.8. The van der Waals surface area contributed by atoms with Crippen LogP contribution in [0.5, 0.6) is 11.5 Å². The van der Waals surface area contributed by atoms with E-state index in [1.165, 1.54) is 24.1 Å². The number of methoxy groups -OCH3 is 1. The summed E-state index contributed by atoms with van der Waals surface area (Å²) in [4.78, 5) is 27.2. The number of carbonyl (C=O) groups excluding carboxylic acids is 1. The molecule has 232 valence electrons. The molecule has 0 saturated heterocycles. The van der Waals surface area contributed by atoms with Crippen LogP contribution in [0.3, 0.4) is 0 Å². The smallest absolute Gasteiger partial charge is 0.329 e. The summed E-state index contributed by atoms with van der Waals surface area (Å²) >= 11 is 0. The molecule has 1 saturated carbocycles. The fourth-order valence-corrected chi connectivity index (χ4v) is 5.26. The second-order valence-corrected chi connectivity index (χ2v) is 10.6. The molecule has 42 heavy (non-hydrogen) atoms. The number of carbonyl (C=O) groups is 2. The largest absolute Gasteiger partial charge is 0.493 e. The van der Waals surface area contributed by atoms with Crippen LogP contribution < -0.4 is 14.8 Å². The Labute approximate surface area is 245 Å². The number of carboxylic acids is 1. The van der Waals surface area contributed by atoms with Gasteiger partial charge < -0.3 is 34.6 Å². The summed E-state index contributed by atoms with van der Waals surface area (Å²) in [6.45, 7) is 7.45. The molecule has 2 aromatic carbocycles. The lowest BCUT2D eigenvalue weighted by Crippen LogP contribution is -2.66. The minimum absolute atomic E-state index is 0.0528. The molecule has 1 aliphatic carbocycles. The Morgan fingerprint density at radius 2 is 1.67 bits per heavy atom. The quantitative estimate of drug-likeness (QED) is 0.239. The molecule has 2 aromatic rings. The number of amides is 2. The van der Waals surface area contributed by atoms with Gasteiger partial charge in [-0.15, -0.1) is 0 Å². The van der Waals surface area contributed by atoms with Crippen LogP contribution in [0, 0.1) is 0 Å². The monoisotopic (exact) mass is 592 g/mol. The Morgan fingerprint density at radius 1 is 1.10 bits per heavy atom. The van der Waals surface area contributed by atoms with Crippen molar-refractivity contribution in [2.45, 2.75) is 83.1 Å². The van der Waals surface area contributed by atoms with E-state index < -0.39 is 42.0 Å². The third kappa shape index (κ3) is 7.49. The third-order valence-electron chi connectivity index (χ3n) is 7.68. The number of aliphatic hydroxyl groups is 1. The van der Waals surface area contributed by atoms with Crippen LogP contribution in [0.4, 0.5) is 13.6 Å². The number of aliphatic carboxylic acids is 1. The standard InChI is InChI=1S/C31H42F2N2O7/c1-6-41-25-16-22(17-26(42-7-2)27(25)21(4)36)20(3)35(15-11-14-31(32,33)23-12-9-8-10-13-23)29(39)34-30(28(37)38)18-24(19-30)40-5/h8-10,12-13,16-17,20-21,24,36H,6-7,11,14-15,18-19H2,1-5H3,(H,34,39)(H,37,38)/t20-,21?,24?,30?/m1/s1. The number of ether oxygens (including phenoxy) is 3. The number of hydrogen-bond acceptors (Lipinski definition) is 6. The van der Waals surface area contributed by atoms with Gasteiger partial charge in [0.05, 0.1) is 37.0 Å². The number of benzene rings is 2. The number of carboxylic acid groups (broad SMARTS) is 1. The first-order valence-electron chi connectivity index (χ1n) is 14.3. The highest BCUT2D eigenvalue weighted by Crippen LogP contribution is 2.40. The summed E-state index contributed by atoms with van der Waals surface area (Å²) < 4.78 is 46.8. The summed E-state index contributed by atoms with van der Waals surface area (Å²) in [5.41, 5.74) is -0.607. The van der Waals surface area contributed by atoms with E-state index in [9.17, 15) is 28.6 Å². The van der Waals surface area contributed by atoms with E-state index in [0.29, 0.717) is 35.8 Å². The van der Waals surface area contributed by atoms with Crippen molar-refractivity contribution in [3.63, 3.8) is 0 Å². The van der Waals surface area contributed by atoms with Crippen molar-refractivity contribution < 1.29 is 42.8 Å². The van der Waals surface area contributed by atoms with Crippen molar-refractivity contribution in [1.29, 1.82) is 0 Å². The molecule has 0 heterocycles. The van der Waals surface area contributed by atoms with E-state index >= 15 is 0 Å². The molecule has 0 radical (unpaired) electrons. The van der Waals surface area contributed by atoms with E-state index in [-0.39, 0.29) is 37.5 Å². The Morgan fingerprint density at radius 3 is 2.14 bits per heavy atom. The molecule has 3 N–H and O–H groups in total. The molecule has 11 heteroatoms. The summed E-state index contributed by atoms with van der Waals surface area (Å²) in [6.07, 6.45) is -1.61. The molecule has 0 spiro atoms. The molecule has 0 aromatic heterocycles. The number of alkyl halides is 2. The lowest BCUT2D eigenvalue weighted by Gasteiger charge is -2.45. The minimum atomic E-state index is -3.11. The molecule has 0 bridgehead atoms. The zero-order chi connectivity index (χ0) is 31.1. The Hall–Kier alpha value is -3.44. The van der Waals surface area contributed by atoms with Crippen LogP contribution in [-0.2, 0) is 15.5 Å². The van der Waals surface area contributed by atoms with Crippen LogP contribution in [0.2, 0.25) is 0 Å². The lowest BCUT2D eigenvalue weighted by molar-refractivity contribution is -0.155. The Kier molecular flexibility index (Phi) is 11.1. The Bertz CT molecular complexity index is 1180. The van der Waals surface area contributed by atoms with Crippen LogP contribution in [0.1, 0.15) is 82.2 Å². The molecule has 1 aliphatic rings. The summed E-state index contributed by atoms with van der Waals surface area (Å²) in [5, 5.41) is 23.0. The third-order valence-corrected chi connectivity index (χ3v) is 7.68. The fourth-order valence-electron chi connectivity index (χ4n) is 5.26. The molecule has 1 unspecified atom stereocenters. The maximum Gasteiger partial charge on any atom is 0.329 e. The van der Waals surface area contributed by atoms with Crippen molar-refractivity contribution in [3.05, 3.63) is 59.2 Å². The van der Waals surface area contributed by atoms with E-state index in [0.717, 1.165) is 0 Å². The molecule has 9 nitrogen and oxygen atoms in total. The number of urea groups is 1. The molecule has 1 fully saturated rings. The molecule has 3 rings (SSSR count). The number of hydrogen-bond donors (Lipinski definition) is 3. The predicted octanol–water partition coefficient (Wildman–Crippen LogP) is 5.81. The van der Waals surface area contributed by atoms with Gasteiger partial charge in [-0.25, -0.2) is 18.4 Å². The van der Waals surface area contributed by atoms with E-state index in [1.54, 1.807) is 58.0 Å². The van der Waals surface area contributed by atoms with Crippen LogP contribution in [-0.4, -0.2) is 65.6 Å². The first-order valence-corrected chi connectivity index (χ1v) is 14.3. The number of nitrogens with one attached hydrogen (secondary N) is 1. The lowest BCUT2D eigenvalue weighted by atomic mass is 9.74. The van der Waals surface area contributed by atoms with Crippen LogP contribution in [0.25, 0.3) is 0 Å². The van der Waals surface area contributed by atoms with Gasteiger partial charge in [-0.3, -0.25) is 0 Å². The van der Waals surface area contributed by atoms with E-state index in [2.05, 4.69) is 5.32 Å². The van der Waals surface area contributed by atoms with E-state index in [4.69, 9.17) is 14.2 Å². The highest BCUT2D eigenvalue weighted by Gasteiger charge is 2.52. The van der Waals surface area contributed by atoms with Gasteiger partial charge in [-0.2, -0.15) is 0 Å². The van der Waals surface area contributed by atoms with Gasteiger partial charge in [0, 0.05) is 38.5 Å². The molecule has 2 amide bonds. The van der Waals surface area contributed by atoms with Gasteiger partial charge in [0.25, 0.3) is 5.92 Å². The first-order chi connectivity index (χ1) is 19.9. The summed E-state index contributed by atoms with van der Waals surface area (Å²) in [6, 6.07) is 9.47. The zero-order valence-electron chi connectivity index (χ0n) is 24.9. The van der Waals surface area contributed by atoms with Crippen LogP contribution in [0.15, 0.2) is 42.5 Å². The maximum absolute atomic E-state index is 15.0. The average Bonchev–Trinajstić information content (AvgIpc) is 2.92. The molecular weight excluding hydrogens is 550 g/mol. The van der Waals surface area contributed by atoms with Crippen molar-refractivity contribution in [2.75, 3.05) is 26.9 Å². The number of rotatable bonds is 15. The first kappa shape index (κ1) is 33.1. The SMILES string of the molecule is CCOc1cc([C@@H](C)N(CCCC(F)(F)c2ccccc2)C(=O)NC2(C(=O)O)CC(OC)C2)cc(OCC)c1C(C)O. The number of halogens is 2. The minimum Gasteiger partial charge on any atom is -0.493 e. The van der Waals surface area contributed by atoms with Gasteiger partial charge in [0.1, 0.15) is 17.0 Å². The highest BCUT2D eigenvalue weighted by molar-refractivity contribution is 5.87. The van der Waals surface area contributed by atoms with Gasteiger partial charge in [-0.05, 0) is 51.8 Å². The second kappa shape index (κ2) is 14.2. The highest BCUT2D eigenvalue weighted by atomic mass is 19.3. The topological polar surface area (TPSA) is 118 Å². The Balaban J connectivity index is 1.95. The van der Waals surface area contributed by atoms with Gasteiger partial charge in [0.15, 0.2) is 0 Å². The number of aliphatic hydroxyl groups excluding tert-OH is 1. The van der Waals surface area contributed by atoms with Gasteiger partial charge >= 0.3 is 12.0 Å². The molecule has 0 aliphatic heterocycles. The van der Waals surface area contributed by atoms with Gasteiger partial charge in [-0.1, -0.05) is 30.3 Å².